The maximum absolute atomic E-state index is 13.3. The van der Waals surface area contributed by atoms with Crippen LogP contribution in [0.1, 0.15) is 29.5 Å². The van der Waals surface area contributed by atoms with Crippen molar-refractivity contribution < 1.29 is 22.7 Å². The Labute approximate surface area is 161 Å². The van der Waals surface area contributed by atoms with Crippen LogP contribution in [0.15, 0.2) is 48.5 Å². The summed E-state index contributed by atoms with van der Waals surface area (Å²) in [5.41, 5.74) is 0.838. The first-order valence-corrected chi connectivity index (χ1v) is 9.30. The van der Waals surface area contributed by atoms with E-state index in [-0.39, 0.29) is 6.61 Å². The molecule has 1 fully saturated rings. The molecule has 0 atom stereocenters. The van der Waals surface area contributed by atoms with E-state index in [1.165, 1.54) is 17.0 Å². The minimum absolute atomic E-state index is 0.126. The van der Waals surface area contributed by atoms with E-state index in [1.54, 1.807) is 0 Å². The van der Waals surface area contributed by atoms with E-state index < -0.39 is 23.2 Å². The van der Waals surface area contributed by atoms with E-state index in [2.05, 4.69) is 5.32 Å². The van der Waals surface area contributed by atoms with E-state index in [0.29, 0.717) is 43.7 Å². The van der Waals surface area contributed by atoms with E-state index in [4.69, 9.17) is 4.74 Å². The molecule has 0 aliphatic carbocycles. The molecule has 0 saturated carbocycles. The second-order valence-electron chi connectivity index (χ2n) is 7.39. The molecule has 2 aliphatic rings. The van der Waals surface area contributed by atoms with E-state index >= 15 is 0 Å². The van der Waals surface area contributed by atoms with Gasteiger partial charge in [-0.3, -0.25) is 4.90 Å². The molecule has 1 saturated heterocycles. The fourth-order valence-electron chi connectivity index (χ4n) is 4.14. The van der Waals surface area contributed by atoms with E-state index in [0.717, 1.165) is 11.6 Å². The number of amides is 1. The predicted molar refractivity (Wildman–Crippen MR) is 99.2 cm³/mol. The SMILES string of the molecule is O=C(OCc1ccccc1)N1CC2(CCNCC2)c2cc(C(F)(F)F)ccc21. The summed E-state index contributed by atoms with van der Waals surface area (Å²) in [6.07, 6.45) is -3.57. The molecule has 2 aromatic carbocycles. The number of piperidine rings is 1. The Morgan fingerprint density at radius 3 is 2.50 bits per heavy atom. The summed E-state index contributed by atoms with van der Waals surface area (Å²) < 4.78 is 45.2. The van der Waals surface area contributed by atoms with E-state index in [9.17, 15) is 18.0 Å². The second kappa shape index (κ2) is 7.13. The second-order valence-corrected chi connectivity index (χ2v) is 7.39. The molecule has 148 valence electrons. The van der Waals surface area contributed by atoms with Crippen LogP contribution in [0.3, 0.4) is 0 Å². The highest BCUT2D eigenvalue weighted by atomic mass is 19.4. The van der Waals surface area contributed by atoms with Crippen LogP contribution in [0.2, 0.25) is 0 Å². The van der Waals surface area contributed by atoms with Gasteiger partial charge in [-0.05, 0) is 55.3 Å². The summed E-state index contributed by atoms with van der Waals surface area (Å²) in [4.78, 5) is 14.2. The molecule has 1 N–H and O–H groups in total. The number of carbonyl (C=O) groups excluding carboxylic acids is 1. The Morgan fingerprint density at radius 2 is 1.82 bits per heavy atom. The first kappa shape index (κ1) is 18.8. The van der Waals surface area contributed by atoms with Crippen molar-refractivity contribution in [3.8, 4) is 0 Å². The van der Waals surface area contributed by atoms with Crippen molar-refractivity contribution in [2.45, 2.75) is 31.0 Å². The summed E-state index contributed by atoms with van der Waals surface area (Å²) in [6, 6.07) is 13.0. The van der Waals surface area contributed by atoms with Crippen LogP contribution in [-0.4, -0.2) is 25.7 Å². The van der Waals surface area contributed by atoms with Crippen molar-refractivity contribution in [2.24, 2.45) is 0 Å². The summed E-state index contributed by atoms with van der Waals surface area (Å²) in [5.74, 6) is 0. The number of nitrogens with zero attached hydrogens (tertiary/aromatic N) is 1. The first-order chi connectivity index (χ1) is 13.4. The average Bonchev–Trinajstić information content (AvgIpc) is 3.00. The lowest BCUT2D eigenvalue weighted by Gasteiger charge is -2.34. The zero-order valence-corrected chi connectivity index (χ0v) is 15.3. The molecule has 28 heavy (non-hydrogen) atoms. The molecule has 1 spiro atoms. The Kier molecular flexibility index (Phi) is 4.79. The summed E-state index contributed by atoms with van der Waals surface area (Å²) in [5, 5.41) is 3.25. The minimum Gasteiger partial charge on any atom is -0.444 e. The highest BCUT2D eigenvalue weighted by Gasteiger charge is 2.47. The Morgan fingerprint density at radius 1 is 1.11 bits per heavy atom. The Bertz CT molecular complexity index is 862. The van der Waals surface area contributed by atoms with Crippen molar-refractivity contribution in [1.82, 2.24) is 5.32 Å². The monoisotopic (exact) mass is 390 g/mol. The number of alkyl halides is 3. The molecule has 2 aromatic rings. The van der Waals surface area contributed by atoms with Crippen molar-refractivity contribution in [3.05, 3.63) is 65.2 Å². The van der Waals surface area contributed by atoms with Gasteiger partial charge >= 0.3 is 12.3 Å². The first-order valence-electron chi connectivity index (χ1n) is 9.30. The highest BCUT2D eigenvalue weighted by molar-refractivity contribution is 5.91. The molecular formula is C21H21F3N2O2. The van der Waals surface area contributed by atoms with Crippen molar-refractivity contribution >= 4 is 11.8 Å². The van der Waals surface area contributed by atoms with Gasteiger partial charge in [0.1, 0.15) is 6.61 Å². The van der Waals surface area contributed by atoms with Crippen molar-refractivity contribution in [1.29, 1.82) is 0 Å². The number of halogens is 3. The summed E-state index contributed by atoms with van der Waals surface area (Å²) in [6.45, 7) is 1.89. The van der Waals surface area contributed by atoms with Crippen LogP contribution >= 0.6 is 0 Å². The number of ether oxygens (including phenoxy) is 1. The predicted octanol–water partition coefficient (Wildman–Crippen LogP) is 4.48. The van der Waals surface area contributed by atoms with Gasteiger partial charge in [0.05, 0.1) is 11.3 Å². The molecule has 0 aromatic heterocycles. The third-order valence-corrected chi connectivity index (χ3v) is 5.63. The number of rotatable bonds is 2. The average molecular weight is 390 g/mol. The fraction of sp³-hybridized carbons (Fsp3) is 0.381. The van der Waals surface area contributed by atoms with Crippen LogP contribution in [-0.2, 0) is 22.9 Å². The van der Waals surface area contributed by atoms with Gasteiger partial charge in [-0.25, -0.2) is 4.79 Å². The zero-order valence-electron chi connectivity index (χ0n) is 15.3. The van der Waals surface area contributed by atoms with Gasteiger partial charge < -0.3 is 10.1 Å². The number of nitrogens with one attached hydrogen (secondary N) is 1. The molecule has 1 amide bonds. The highest BCUT2D eigenvalue weighted by Crippen LogP contribution is 2.48. The number of anilines is 1. The summed E-state index contributed by atoms with van der Waals surface area (Å²) >= 11 is 0. The van der Waals surface area contributed by atoms with Gasteiger partial charge in [0.15, 0.2) is 0 Å². The smallest absolute Gasteiger partial charge is 0.416 e. The molecule has 0 unspecified atom stereocenters. The lowest BCUT2D eigenvalue weighted by molar-refractivity contribution is -0.137. The lowest BCUT2D eigenvalue weighted by Crippen LogP contribution is -2.44. The van der Waals surface area contributed by atoms with Crippen LogP contribution in [0.4, 0.5) is 23.7 Å². The standard InChI is InChI=1S/C21H21F3N2O2/c22-21(23,24)16-6-7-18-17(12-16)20(8-10-25-11-9-20)14-26(18)19(27)28-13-15-4-2-1-3-5-15/h1-7,12,25H,8-11,13-14H2. The van der Waals surface area contributed by atoms with Crippen molar-refractivity contribution in [3.63, 3.8) is 0 Å². The maximum Gasteiger partial charge on any atom is 0.416 e. The van der Waals surface area contributed by atoms with Gasteiger partial charge in [0.2, 0.25) is 0 Å². The number of benzene rings is 2. The van der Waals surface area contributed by atoms with Gasteiger partial charge in [-0.15, -0.1) is 0 Å². The molecule has 2 heterocycles. The quantitative estimate of drug-likeness (QED) is 0.822. The molecule has 7 heteroatoms. The van der Waals surface area contributed by atoms with Gasteiger partial charge in [-0.1, -0.05) is 30.3 Å². The summed E-state index contributed by atoms with van der Waals surface area (Å²) in [7, 11) is 0. The number of fused-ring (bicyclic) bond motifs is 2. The molecule has 4 rings (SSSR count). The van der Waals surface area contributed by atoms with Gasteiger partial charge in [-0.2, -0.15) is 13.2 Å². The minimum atomic E-state index is -4.41. The Balaban J connectivity index is 1.62. The number of hydrogen-bond donors (Lipinski definition) is 1. The van der Waals surface area contributed by atoms with E-state index in [1.807, 2.05) is 30.3 Å². The molecule has 4 nitrogen and oxygen atoms in total. The third kappa shape index (κ3) is 3.46. The lowest BCUT2D eigenvalue weighted by atomic mass is 9.74. The van der Waals surface area contributed by atoms with Crippen LogP contribution in [0.25, 0.3) is 0 Å². The topological polar surface area (TPSA) is 41.6 Å². The molecular weight excluding hydrogens is 369 g/mol. The molecule has 2 aliphatic heterocycles. The van der Waals surface area contributed by atoms with Gasteiger partial charge in [0, 0.05) is 12.0 Å². The number of hydrogen-bond acceptors (Lipinski definition) is 3. The normalized spacial score (nSPS) is 18.2. The largest absolute Gasteiger partial charge is 0.444 e. The number of carbonyl (C=O) groups is 1. The Hall–Kier alpha value is -2.54. The van der Waals surface area contributed by atoms with Crippen LogP contribution in [0.5, 0.6) is 0 Å². The fourth-order valence-corrected chi connectivity index (χ4v) is 4.14. The maximum atomic E-state index is 13.3. The van der Waals surface area contributed by atoms with Crippen LogP contribution < -0.4 is 10.2 Å². The zero-order chi connectivity index (χ0) is 19.8. The third-order valence-electron chi connectivity index (χ3n) is 5.63. The van der Waals surface area contributed by atoms with Gasteiger partial charge in [0.25, 0.3) is 0 Å². The molecule has 0 radical (unpaired) electrons. The van der Waals surface area contributed by atoms with Crippen LogP contribution in [0, 0.1) is 0 Å². The van der Waals surface area contributed by atoms with Crippen molar-refractivity contribution in [2.75, 3.05) is 24.5 Å². The molecule has 0 bridgehead atoms.